The first-order valence-corrected chi connectivity index (χ1v) is 12.9. The minimum absolute atomic E-state index is 0.0440. The first-order chi connectivity index (χ1) is 25.8. The SMILES string of the molecule is [2H]c1c([2H])c([2H])c(-c2c3c([2H])c([2H])c([2H])c([2H])c3c(-c3ccccc3-n3c(-c4ccccc4)nc4ccccc43)c3c([2H])c([2H])c([2H])c([2H])c23)c([2H])c1[2H]. The van der Waals surface area contributed by atoms with Crippen molar-refractivity contribution < 1.29 is 17.8 Å². The molecule has 0 aliphatic rings. The monoisotopic (exact) mass is 535 g/mol. The van der Waals surface area contributed by atoms with E-state index in [1.54, 1.807) is 24.3 Å². The number of hydrogen-bond acceptors (Lipinski definition) is 1. The maximum atomic E-state index is 9.35. The summed E-state index contributed by atoms with van der Waals surface area (Å²) in [7, 11) is 0. The van der Waals surface area contributed by atoms with Gasteiger partial charge in [0.15, 0.2) is 0 Å². The van der Waals surface area contributed by atoms with E-state index in [0.717, 1.165) is 5.56 Å². The highest BCUT2D eigenvalue weighted by atomic mass is 15.1. The Morgan fingerprint density at radius 3 is 1.76 bits per heavy atom. The lowest BCUT2D eigenvalue weighted by Crippen LogP contribution is -2.01. The van der Waals surface area contributed by atoms with Crippen LogP contribution in [0.5, 0.6) is 0 Å². The molecule has 0 aliphatic heterocycles. The Balaban J connectivity index is 1.69. The van der Waals surface area contributed by atoms with E-state index in [9.17, 15) is 5.48 Å². The summed E-state index contributed by atoms with van der Waals surface area (Å²) < 4.78 is 117. The highest BCUT2D eigenvalue weighted by Crippen LogP contribution is 2.45. The molecule has 0 saturated heterocycles. The van der Waals surface area contributed by atoms with Crippen LogP contribution in [0.25, 0.3) is 71.9 Å². The molecule has 0 aliphatic carbocycles. The van der Waals surface area contributed by atoms with E-state index in [-0.39, 0.29) is 32.7 Å². The van der Waals surface area contributed by atoms with Crippen molar-refractivity contribution in [1.29, 1.82) is 0 Å². The van der Waals surface area contributed by atoms with Crippen molar-refractivity contribution in [3.05, 3.63) is 157 Å². The largest absolute Gasteiger partial charge is 0.292 e. The van der Waals surface area contributed by atoms with Crippen molar-refractivity contribution in [3.8, 4) is 39.3 Å². The van der Waals surface area contributed by atoms with Crippen LogP contribution in [0.3, 0.4) is 0 Å². The number of nitrogens with zero attached hydrogens (tertiary/aromatic N) is 2. The predicted octanol–water partition coefficient (Wildman–Crippen LogP) is 10.3. The highest BCUT2D eigenvalue weighted by molar-refractivity contribution is 6.22. The van der Waals surface area contributed by atoms with Gasteiger partial charge in [-0.25, -0.2) is 4.98 Å². The molecule has 0 bridgehead atoms. The molecule has 2 nitrogen and oxygen atoms in total. The second-order valence-corrected chi connectivity index (χ2v) is 9.39. The fraction of sp³-hybridized carbons (Fsp3) is 0. The van der Waals surface area contributed by atoms with Crippen molar-refractivity contribution in [2.75, 3.05) is 0 Å². The summed E-state index contributed by atoms with van der Waals surface area (Å²) in [6.07, 6.45) is 0. The molecule has 7 aromatic carbocycles. The summed E-state index contributed by atoms with van der Waals surface area (Å²) in [6.45, 7) is 0. The third kappa shape index (κ3) is 3.76. The van der Waals surface area contributed by atoms with Gasteiger partial charge in [0.25, 0.3) is 0 Å². The van der Waals surface area contributed by atoms with Crippen LogP contribution >= 0.6 is 0 Å². The second kappa shape index (κ2) is 9.62. The summed E-state index contributed by atoms with van der Waals surface area (Å²) >= 11 is 0. The molecule has 0 fully saturated rings. The fourth-order valence-electron chi connectivity index (χ4n) is 5.45. The highest BCUT2D eigenvalue weighted by Gasteiger charge is 2.21. The van der Waals surface area contributed by atoms with Gasteiger partial charge in [-0.1, -0.05) is 139 Å². The van der Waals surface area contributed by atoms with Crippen molar-refractivity contribution in [3.63, 3.8) is 0 Å². The Morgan fingerprint density at radius 2 is 1.05 bits per heavy atom. The van der Waals surface area contributed by atoms with Gasteiger partial charge in [-0.3, -0.25) is 4.57 Å². The molecule has 41 heavy (non-hydrogen) atoms. The molecule has 0 N–H and O–H groups in total. The summed E-state index contributed by atoms with van der Waals surface area (Å²) in [5, 5.41) is -0.835. The van der Waals surface area contributed by atoms with Crippen LogP contribution in [0.2, 0.25) is 0 Å². The number of aromatic nitrogens is 2. The van der Waals surface area contributed by atoms with Crippen LogP contribution in [-0.2, 0) is 0 Å². The van der Waals surface area contributed by atoms with Gasteiger partial charge in [-0.2, -0.15) is 0 Å². The maximum absolute atomic E-state index is 9.35. The standard InChI is InChI=1S/C39H26N2/c1-3-15-27(16-4-1)37-29-19-7-9-21-31(29)38(32-22-10-8-20-30(32)37)33-23-11-13-25-35(33)41-36-26-14-12-24-34(36)40-39(41)28-17-5-2-6-18-28/h1-26H/i1D,3D,4D,7D,8D,9D,10D,15D,16D,19D,20D,21D,22D. The minimum Gasteiger partial charge on any atom is -0.292 e. The Bertz CT molecular complexity index is 2810. The molecule has 0 atom stereocenters. The molecule has 0 unspecified atom stereocenters. The maximum Gasteiger partial charge on any atom is 0.145 e. The molecule has 0 amide bonds. The van der Waals surface area contributed by atoms with E-state index >= 15 is 0 Å². The first-order valence-electron chi connectivity index (χ1n) is 19.4. The van der Waals surface area contributed by atoms with Crippen LogP contribution in [0, 0.1) is 0 Å². The van der Waals surface area contributed by atoms with Gasteiger partial charge in [-0.15, -0.1) is 0 Å². The minimum atomic E-state index is -0.719. The Hall–Kier alpha value is -5.47. The topological polar surface area (TPSA) is 17.8 Å². The van der Waals surface area contributed by atoms with E-state index in [1.807, 2.05) is 59.2 Å². The van der Waals surface area contributed by atoms with Gasteiger partial charge in [0.05, 0.1) is 34.5 Å². The molecule has 2 heteroatoms. The van der Waals surface area contributed by atoms with Crippen molar-refractivity contribution >= 4 is 32.6 Å². The van der Waals surface area contributed by atoms with Crippen molar-refractivity contribution in [2.45, 2.75) is 0 Å². The van der Waals surface area contributed by atoms with Gasteiger partial charge in [0, 0.05) is 11.1 Å². The first kappa shape index (κ1) is 13.7. The molecule has 0 radical (unpaired) electrons. The molecular formula is C39H26N2. The van der Waals surface area contributed by atoms with Crippen LogP contribution in [0.4, 0.5) is 0 Å². The van der Waals surface area contributed by atoms with Crippen LogP contribution in [0.1, 0.15) is 17.8 Å². The summed E-state index contributed by atoms with van der Waals surface area (Å²) in [5.41, 5.74) is 2.17. The molecule has 0 spiro atoms. The average molecular weight is 536 g/mol. The van der Waals surface area contributed by atoms with Crippen molar-refractivity contribution in [2.24, 2.45) is 0 Å². The average Bonchev–Trinajstić information content (AvgIpc) is 3.58. The number of para-hydroxylation sites is 3. The lowest BCUT2D eigenvalue weighted by atomic mass is 9.85. The Morgan fingerprint density at radius 1 is 0.488 bits per heavy atom. The van der Waals surface area contributed by atoms with Gasteiger partial charge >= 0.3 is 0 Å². The summed E-state index contributed by atoms with van der Waals surface area (Å²) in [5.74, 6) is 0.539. The van der Waals surface area contributed by atoms with Crippen LogP contribution in [-0.4, -0.2) is 9.55 Å². The molecule has 1 aromatic heterocycles. The molecule has 0 saturated carbocycles. The zero-order valence-corrected chi connectivity index (χ0v) is 21.4. The summed E-state index contributed by atoms with van der Waals surface area (Å²) in [6, 6.07) is 15.4. The number of hydrogen-bond donors (Lipinski definition) is 0. The number of fused-ring (bicyclic) bond motifs is 3. The molecule has 8 rings (SSSR count). The normalized spacial score (nSPS) is 15.9. The Kier molecular flexibility index (Phi) is 3.22. The lowest BCUT2D eigenvalue weighted by molar-refractivity contribution is 1.10. The van der Waals surface area contributed by atoms with E-state index in [4.69, 9.17) is 17.3 Å². The lowest BCUT2D eigenvalue weighted by Gasteiger charge is -2.20. The van der Waals surface area contributed by atoms with Gasteiger partial charge in [0.2, 0.25) is 0 Å². The van der Waals surface area contributed by atoms with Crippen LogP contribution < -0.4 is 0 Å². The number of rotatable bonds is 4. The van der Waals surface area contributed by atoms with Gasteiger partial charge < -0.3 is 0 Å². The predicted molar refractivity (Wildman–Crippen MR) is 172 cm³/mol. The third-order valence-electron chi connectivity index (χ3n) is 7.13. The van der Waals surface area contributed by atoms with E-state index in [0.29, 0.717) is 28.1 Å². The molecule has 8 aromatic rings. The zero-order valence-electron chi connectivity index (χ0n) is 34.4. The Labute approximate surface area is 257 Å². The third-order valence-corrected chi connectivity index (χ3v) is 7.13. The summed E-state index contributed by atoms with van der Waals surface area (Å²) in [4.78, 5) is 4.96. The fourth-order valence-corrected chi connectivity index (χ4v) is 5.45. The van der Waals surface area contributed by atoms with Crippen LogP contribution in [0.15, 0.2) is 157 Å². The molecular weight excluding hydrogens is 496 g/mol. The van der Waals surface area contributed by atoms with E-state index < -0.39 is 84.1 Å². The van der Waals surface area contributed by atoms with E-state index in [1.165, 1.54) is 0 Å². The zero-order chi connectivity index (χ0) is 38.5. The second-order valence-electron chi connectivity index (χ2n) is 9.39. The quantitative estimate of drug-likeness (QED) is 0.205. The van der Waals surface area contributed by atoms with Gasteiger partial charge in [-0.05, 0) is 56.4 Å². The number of benzene rings is 7. The smallest absolute Gasteiger partial charge is 0.145 e. The number of imidazole rings is 1. The van der Waals surface area contributed by atoms with Crippen molar-refractivity contribution in [1.82, 2.24) is 9.55 Å². The van der Waals surface area contributed by atoms with Gasteiger partial charge in [0.1, 0.15) is 5.82 Å². The molecule has 192 valence electrons. The molecule has 1 heterocycles. The van der Waals surface area contributed by atoms with E-state index in [2.05, 4.69) is 0 Å².